The molecule has 0 amide bonds. The fourth-order valence-electron chi connectivity index (χ4n) is 4.14. The minimum atomic E-state index is 0.618. The van der Waals surface area contributed by atoms with Crippen molar-refractivity contribution in [3.63, 3.8) is 0 Å². The van der Waals surface area contributed by atoms with Gasteiger partial charge < -0.3 is 4.98 Å². The minimum Gasteiger partial charge on any atom is -0.361 e. The van der Waals surface area contributed by atoms with Crippen molar-refractivity contribution >= 4 is 22.7 Å². The van der Waals surface area contributed by atoms with Gasteiger partial charge in [-0.15, -0.1) is 11.8 Å². The number of rotatable bonds is 5. The van der Waals surface area contributed by atoms with E-state index in [1.807, 2.05) is 11.8 Å². The van der Waals surface area contributed by atoms with Crippen LogP contribution in [-0.4, -0.2) is 33.7 Å². The molecule has 3 aromatic rings. The molecule has 2 aromatic heterocycles. The average Bonchev–Trinajstić information content (AvgIpc) is 3.24. The van der Waals surface area contributed by atoms with Gasteiger partial charge in [-0.2, -0.15) is 0 Å². The van der Waals surface area contributed by atoms with Crippen LogP contribution in [0.3, 0.4) is 0 Å². The van der Waals surface area contributed by atoms with Crippen molar-refractivity contribution in [2.45, 2.75) is 50.6 Å². The van der Waals surface area contributed by atoms with Gasteiger partial charge in [0.05, 0.1) is 0 Å². The van der Waals surface area contributed by atoms with E-state index in [9.17, 15) is 0 Å². The highest BCUT2D eigenvalue weighted by atomic mass is 32.2. The molecule has 4 heteroatoms. The molecule has 4 rings (SSSR count). The first-order valence-corrected chi connectivity index (χ1v) is 10.7. The van der Waals surface area contributed by atoms with Gasteiger partial charge in [0.25, 0.3) is 0 Å². The van der Waals surface area contributed by atoms with Crippen LogP contribution in [0.5, 0.6) is 0 Å². The Bertz CT molecular complexity index is 915. The Hall–Kier alpha value is -1.78. The zero-order valence-electron chi connectivity index (χ0n) is 15.9. The van der Waals surface area contributed by atoms with Gasteiger partial charge in [0, 0.05) is 46.0 Å². The van der Waals surface area contributed by atoms with E-state index in [0.717, 1.165) is 18.7 Å². The molecule has 0 radical (unpaired) electrons. The minimum absolute atomic E-state index is 0.618. The van der Waals surface area contributed by atoms with Crippen LogP contribution in [0.15, 0.2) is 41.4 Å². The monoisotopic (exact) mass is 365 g/mol. The lowest BCUT2D eigenvalue weighted by Crippen LogP contribution is -2.31. The molecule has 0 unspecified atom stereocenters. The van der Waals surface area contributed by atoms with E-state index in [2.05, 4.69) is 71.5 Å². The molecular weight excluding hydrogens is 338 g/mol. The third-order valence-electron chi connectivity index (χ3n) is 5.64. The molecule has 0 saturated carbocycles. The largest absolute Gasteiger partial charge is 0.361 e. The highest BCUT2D eigenvalue weighted by Gasteiger charge is 2.26. The van der Waals surface area contributed by atoms with Crippen molar-refractivity contribution in [3.8, 4) is 0 Å². The Morgan fingerprint density at radius 3 is 2.88 bits per heavy atom. The molecule has 3 heterocycles. The van der Waals surface area contributed by atoms with Crippen LogP contribution in [0.2, 0.25) is 0 Å². The van der Waals surface area contributed by atoms with Gasteiger partial charge in [0.2, 0.25) is 0 Å². The summed E-state index contributed by atoms with van der Waals surface area (Å²) in [6, 6.07) is 11.7. The second-order valence-electron chi connectivity index (χ2n) is 7.39. The Kier molecular flexibility index (Phi) is 5.05. The van der Waals surface area contributed by atoms with Crippen LogP contribution in [0, 0.1) is 13.8 Å². The Morgan fingerprint density at radius 1 is 1.19 bits per heavy atom. The molecule has 1 atom stereocenters. The topological polar surface area (TPSA) is 31.9 Å². The van der Waals surface area contributed by atoms with Gasteiger partial charge in [0.15, 0.2) is 0 Å². The molecule has 136 valence electrons. The third kappa shape index (κ3) is 3.53. The number of benzene rings is 1. The van der Waals surface area contributed by atoms with Crippen molar-refractivity contribution in [1.29, 1.82) is 0 Å². The first-order chi connectivity index (χ1) is 12.6. The highest BCUT2D eigenvalue weighted by molar-refractivity contribution is 7.98. The van der Waals surface area contributed by atoms with Crippen LogP contribution in [-0.2, 0) is 13.0 Å². The number of hydrogen-bond acceptors (Lipinski definition) is 3. The standard InChI is InChI=1S/C22H27N3S/c1-15-6-7-17(16(2)24-15)14-25-10-4-5-19(25)11-18-13-23-22-9-8-20(26-3)12-21(18)22/h6-9,12-13,19,23H,4-5,10-11,14H2,1-3H3/t19-/m1/s1. The fraction of sp³-hybridized carbons (Fsp3) is 0.409. The smallest absolute Gasteiger partial charge is 0.0457 e. The number of fused-ring (bicyclic) bond motifs is 1. The summed E-state index contributed by atoms with van der Waals surface area (Å²) < 4.78 is 0. The zero-order valence-corrected chi connectivity index (χ0v) is 16.7. The summed E-state index contributed by atoms with van der Waals surface area (Å²) in [5.41, 5.74) is 6.35. The van der Waals surface area contributed by atoms with E-state index in [0.29, 0.717) is 6.04 Å². The van der Waals surface area contributed by atoms with Crippen LogP contribution in [0.4, 0.5) is 0 Å². The lowest BCUT2D eigenvalue weighted by Gasteiger charge is -2.25. The second-order valence-corrected chi connectivity index (χ2v) is 8.27. The van der Waals surface area contributed by atoms with E-state index >= 15 is 0 Å². The lowest BCUT2D eigenvalue weighted by atomic mass is 10.0. The quantitative estimate of drug-likeness (QED) is 0.638. The summed E-state index contributed by atoms with van der Waals surface area (Å²) >= 11 is 1.81. The number of likely N-dealkylation sites (tertiary alicyclic amines) is 1. The number of aryl methyl sites for hydroxylation is 2. The number of H-pyrrole nitrogens is 1. The number of hydrogen-bond donors (Lipinski definition) is 1. The van der Waals surface area contributed by atoms with E-state index in [-0.39, 0.29) is 0 Å². The molecule has 0 spiro atoms. The Balaban J connectivity index is 1.54. The lowest BCUT2D eigenvalue weighted by molar-refractivity contribution is 0.243. The molecule has 1 aliphatic heterocycles. The van der Waals surface area contributed by atoms with Gasteiger partial charge in [-0.3, -0.25) is 9.88 Å². The van der Waals surface area contributed by atoms with Crippen molar-refractivity contribution in [1.82, 2.24) is 14.9 Å². The maximum Gasteiger partial charge on any atom is 0.0457 e. The first-order valence-electron chi connectivity index (χ1n) is 9.45. The molecule has 1 saturated heterocycles. The predicted molar refractivity (Wildman–Crippen MR) is 111 cm³/mol. The predicted octanol–water partition coefficient (Wildman–Crippen LogP) is 5.11. The molecule has 0 aliphatic carbocycles. The van der Waals surface area contributed by atoms with Crippen molar-refractivity contribution in [2.24, 2.45) is 0 Å². The Labute approximate surface area is 160 Å². The number of thioether (sulfide) groups is 1. The van der Waals surface area contributed by atoms with E-state index in [1.165, 1.54) is 52.0 Å². The number of pyridine rings is 1. The van der Waals surface area contributed by atoms with Gasteiger partial charge >= 0.3 is 0 Å². The number of nitrogens with zero attached hydrogens (tertiary/aromatic N) is 2. The third-order valence-corrected chi connectivity index (χ3v) is 6.36. The molecule has 1 N–H and O–H groups in total. The van der Waals surface area contributed by atoms with E-state index in [1.54, 1.807) is 0 Å². The summed E-state index contributed by atoms with van der Waals surface area (Å²) in [5.74, 6) is 0. The van der Waals surface area contributed by atoms with Gasteiger partial charge in [0.1, 0.15) is 0 Å². The zero-order chi connectivity index (χ0) is 18.1. The van der Waals surface area contributed by atoms with E-state index < -0.39 is 0 Å². The van der Waals surface area contributed by atoms with Crippen LogP contribution in [0.25, 0.3) is 10.9 Å². The highest BCUT2D eigenvalue weighted by Crippen LogP contribution is 2.29. The average molecular weight is 366 g/mol. The van der Waals surface area contributed by atoms with Crippen molar-refractivity contribution in [3.05, 3.63) is 59.0 Å². The summed E-state index contributed by atoms with van der Waals surface area (Å²) in [6.07, 6.45) is 8.05. The van der Waals surface area contributed by atoms with Crippen molar-refractivity contribution < 1.29 is 0 Å². The number of aromatic nitrogens is 2. The molecule has 0 bridgehead atoms. The normalized spacial score (nSPS) is 18.0. The summed E-state index contributed by atoms with van der Waals surface area (Å²) in [6.45, 7) is 6.41. The van der Waals surface area contributed by atoms with E-state index in [4.69, 9.17) is 0 Å². The van der Waals surface area contributed by atoms with Crippen LogP contribution in [0.1, 0.15) is 35.4 Å². The Morgan fingerprint density at radius 2 is 2.08 bits per heavy atom. The first kappa shape index (κ1) is 17.6. The number of aromatic amines is 1. The molecular formula is C22H27N3S. The molecule has 1 aromatic carbocycles. The maximum atomic E-state index is 4.64. The summed E-state index contributed by atoms with van der Waals surface area (Å²) in [4.78, 5) is 12.1. The number of nitrogens with one attached hydrogen (secondary N) is 1. The second kappa shape index (κ2) is 7.45. The SMILES string of the molecule is CSc1ccc2[nH]cc(C[C@H]3CCCN3Cc3ccc(C)nc3C)c2c1. The molecule has 1 aliphatic rings. The van der Waals surface area contributed by atoms with Gasteiger partial charge in [-0.1, -0.05) is 6.07 Å². The molecule has 1 fully saturated rings. The van der Waals surface area contributed by atoms with Crippen LogP contribution >= 0.6 is 11.8 Å². The molecule has 26 heavy (non-hydrogen) atoms. The van der Waals surface area contributed by atoms with Gasteiger partial charge in [-0.05, 0) is 81.3 Å². The summed E-state index contributed by atoms with van der Waals surface area (Å²) in [7, 11) is 0. The van der Waals surface area contributed by atoms with Crippen molar-refractivity contribution in [2.75, 3.05) is 12.8 Å². The van der Waals surface area contributed by atoms with Gasteiger partial charge in [-0.25, -0.2) is 0 Å². The van der Waals surface area contributed by atoms with Crippen LogP contribution < -0.4 is 0 Å². The fourth-order valence-corrected chi connectivity index (χ4v) is 4.58. The maximum absolute atomic E-state index is 4.64. The summed E-state index contributed by atoms with van der Waals surface area (Å²) in [5, 5.41) is 1.39. The molecule has 3 nitrogen and oxygen atoms in total.